The predicted molar refractivity (Wildman–Crippen MR) is 53.4 cm³/mol. The number of carboxylic acids is 1. The first kappa shape index (κ1) is 10.4. The highest BCUT2D eigenvalue weighted by molar-refractivity contribution is 5.90. The number of aliphatic carboxylic acids is 1. The molecule has 84 valence electrons. The molecular weight excluding hydrogens is 196 g/mol. The summed E-state index contributed by atoms with van der Waals surface area (Å²) in [5.74, 6) is -0.952. The molecule has 1 heterocycles. The maximum absolute atomic E-state index is 12.1. The molecule has 1 aliphatic carbocycles. The molecule has 1 aliphatic heterocycles. The molecule has 15 heavy (non-hydrogen) atoms. The third-order valence-electron chi connectivity index (χ3n) is 3.32. The standard InChI is InChI=1S/C10H16N2O3/c13-8(14)7-12-6-5-11-10(9(12)15)3-1-2-4-10/h11H,1-7H2,(H,13,14). The first-order chi connectivity index (χ1) is 7.14. The summed E-state index contributed by atoms with van der Waals surface area (Å²) in [6, 6.07) is 0. The van der Waals surface area contributed by atoms with Crippen molar-refractivity contribution >= 4 is 11.9 Å². The molecule has 1 saturated heterocycles. The van der Waals surface area contributed by atoms with Crippen molar-refractivity contribution in [2.45, 2.75) is 31.2 Å². The van der Waals surface area contributed by atoms with Crippen LogP contribution in [0.4, 0.5) is 0 Å². The summed E-state index contributed by atoms with van der Waals surface area (Å²) in [4.78, 5) is 24.1. The Morgan fingerprint density at radius 3 is 2.73 bits per heavy atom. The van der Waals surface area contributed by atoms with E-state index in [2.05, 4.69) is 5.32 Å². The zero-order chi connectivity index (χ0) is 10.9. The minimum absolute atomic E-state index is 0.0198. The molecule has 0 aromatic rings. The summed E-state index contributed by atoms with van der Waals surface area (Å²) in [7, 11) is 0. The van der Waals surface area contributed by atoms with Gasteiger partial charge >= 0.3 is 5.97 Å². The van der Waals surface area contributed by atoms with E-state index >= 15 is 0 Å². The van der Waals surface area contributed by atoms with Crippen molar-refractivity contribution in [1.82, 2.24) is 10.2 Å². The van der Waals surface area contributed by atoms with Gasteiger partial charge in [0.2, 0.25) is 5.91 Å². The van der Waals surface area contributed by atoms with Crippen LogP contribution in [0.2, 0.25) is 0 Å². The van der Waals surface area contributed by atoms with E-state index in [4.69, 9.17) is 5.11 Å². The quantitative estimate of drug-likeness (QED) is 0.666. The number of hydrogen-bond acceptors (Lipinski definition) is 3. The Balaban J connectivity index is 2.09. The maximum Gasteiger partial charge on any atom is 0.323 e. The Morgan fingerprint density at radius 2 is 2.13 bits per heavy atom. The van der Waals surface area contributed by atoms with Crippen molar-refractivity contribution in [3.05, 3.63) is 0 Å². The number of amides is 1. The molecule has 0 aromatic heterocycles. The fourth-order valence-corrected chi connectivity index (χ4v) is 2.59. The molecule has 2 rings (SSSR count). The second kappa shape index (κ2) is 3.81. The predicted octanol–water partition coefficient (Wildman–Crippen LogP) is -0.184. The first-order valence-corrected chi connectivity index (χ1v) is 5.40. The van der Waals surface area contributed by atoms with Crippen LogP contribution < -0.4 is 5.32 Å². The lowest BCUT2D eigenvalue weighted by molar-refractivity contribution is -0.149. The smallest absolute Gasteiger partial charge is 0.323 e. The van der Waals surface area contributed by atoms with Gasteiger partial charge in [0.25, 0.3) is 0 Å². The van der Waals surface area contributed by atoms with Crippen molar-refractivity contribution in [2.75, 3.05) is 19.6 Å². The van der Waals surface area contributed by atoms with E-state index in [1.807, 2.05) is 0 Å². The van der Waals surface area contributed by atoms with Crippen LogP contribution in [-0.2, 0) is 9.59 Å². The zero-order valence-electron chi connectivity index (χ0n) is 8.66. The monoisotopic (exact) mass is 212 g/mol. The molecule has 1 amide bonds. The van der Waals surface area contributed by atoms with Gasteiger partial charge in [0.05, 0.1) is 5.54 Å². The molecule has 5 nitrogen and oxygen atoms in total. The highest BCUT2D eigenvalue weighted by atomic mass is 16.4. The van der Waals surface area contributed by atoms with E-state index in [1.165, 1.54) is 4.90 Å². The Morgan fingerprint density at radius 1 is 1.47 bits per heavy atom. The van der Waals surface area contributed by atoms with Crippen LogP contribution in [0.25, 0.3) is 0 Å². The average molecular weight is 212 g/mol. The molecule has 1 saturated carbocycles. The van der Waals surface area contributed by atoms with Gasteiger partial charge in [-0.2, -0.15) is 0 Å². The molecule has 0 atom stereocenters. The Hall–Kier alpha value is -1.10. The van der Waals surface area contributed by atoms with Gasteiger partial charge in [-0.25, -0.2) is 0 Å². The van der Waals surface area contributed by atoms with Gasteiger partial charge in [-0.1, -0.05) is 12.8 Å². The molecule has 2 N–H and O–H groups in total. The van der Waals surface area contributed by atoms with Gasteiger partial charge in [0.15, 0.2) is 0 Å². The Labute approximate surface area is 88.4 Å². The van der Waals surface area contributed by atoms with Crippen LogP contribution >= 0.6 is 0 Å². The number of carboxylic acid groups (broad SMARTS) is 1. The summed E-state index contributed by atoms with van der Waals surface area (Å²) < 4.78 is 0. The second-order valence-corrected chi connectivity index (χ2v) is 4.34. The van der Waals surface area contributed by atoms with Gasteiger partial charge < -0.3 is 15.3 Å². The van der Waals surface area contributed by atoms with Crippen molar-refractivity contribution in [3.63, 3.8) is 0 Å². The van der Waals surface area contributed by atoms with Crippen molar-refractivity contribution in [1.29, 1.82) is 0 Å². The highest BCUT2D eigenvalue weighted by Crippen LogP contribution is 2.32. The molecule has 2 fully saturated rings. The molecule has 1 spiro atoms. The van der Waals surface area contributed by atoms with Gasteiger partial charge in [0.1, 0.15) is 6.54 Å². The number of carbonyl (C=O) groups is 2. The van der Waals surface area contributed by atoms with E-state index in [-0.39, 0.29) is 12.5 Å². The van der Waals surface area contributed by atoms with Crippen molar-refractivity contribution in [3.8, 4) is 0 Å². The summed E-state index contributed by atoms with van der Waals surface area (Å²) in [5, 5.41) is 12.0. The van der Waals surface area contributed by atoms with Gasteiger partial charge in [-0.3, -0.25) is 9.59 Å². The fourth-order valence-electron chi connectivity index (χ4n) is 2.59. The second-order valence-electron chi connectivity index (χ2n) is 4.34. The number of nitrogens with zero attached hydrogens (tertiary/aromatic N) is 1. The molecule has 0 aromatic carbocycles. The topological polar surface area (TPSA) is 69.6 Å². The molecule has 2 aliphatic rings. The van der Waals surface area contributed by atoms with E-state index in [1.54, 1.807) is 0 Å². The van der Waals surface area contributed by atoms with Crippen molar-refractivity contribution < 1.29 is 14.7 Å². The average Bonchev–Trinajstić information content (AvgIpc) is 2.62. The van der Waals surface area contributed by atoms with Gasteiger partial charge in [-0.05, 0) is 12.8 Å². The number of rotatable bonds is 2. The van der Waals surface area contributed by atoms with Crippen molar-refractivity contribution in [2.24, 2.45) is 0 Å². The van der Waals surface area contributed by atoms with E-state index in [9.17, 15) is 9.59 Å². The molecule has 0 bridgehead atoms. The summed E-state index contributed by atoms with van der Waals surface area (Å²) in [6.45, 7) is 1.05. The Bertz CT molecular complexity index is 284. The highest BCUT2D eigenvalue weighted by Gasteiger charge is 2.45. The summed E-state index contributed by atoms with van der Waals surface area (Å²) in [5.41, 5.74) is -0.437. The lowest BCUT2D eigenvalue weighted by Gasteiger charge is -2.39. The number of carbonyl (C=O) groups excluding carboxylic acids is 1. The van der Waals surface area contributed by atoms with E-state index in [0.29, 0.717) is 13.1 Å². The van der Waals surface area contributed by atoms with Crippen LogP contribution in [0.5, 0.6) is 0 Å². The number of piperazine rings is 1. The number of nitrogens with one attached hydrogen (secondary N) is 1. The largest absolute Gasteiger partial charge is 0.480 e. The lowest BCUT2D eigenvalue weighted by Crippen LogP contribution is -2.63. The zero-order valence-corrected chi connectivity index (χ0v) is 8.66. The van der Waals surface area contributed by atoms with Crippen LogP contribution in [0.15, 0.2) is 0 Å². The van der Waals surface area contributed by atoms with Crippen LogP contribution in [0.1, 0.15) is 25.7 Å². The van der Waals surface area contributed by atoms with Crippen LogP contribution in [-0.4, -0.2) is 47.1 Å². The lowest BCUT2D eigenvalue weighted by atomic mass is 9.93. The fraction of sp³-hybridized carbons (Fsp3) is 0.800. The van der Waals surface area contributed by atoms with E-state index in [0.717, 1.165) is 25.7 Å². The minimum Gasteiger partial charge on any atom is -0.480 e. The first-order valence-electron chi connectivity index (χ1n) is 5.40. The van der Waals surface area contributed by atoms with Crippen LogP contribution in [0.3, 0.4) is 0 Å². The van der Waals surface area contributed by atoms with Crippen LogP contribution in [0, 0.1) is 0 Å². The van der Waals surface area contributed by atoms with Gasteiger partial charge in [0, 0.05) is 13.1 Å². The SMILES string of the molecule is O=C(O)CN1CCNC2(CCCC2)C1=O. The summed E-state index contributed by atoms with van der Waals surface area (Å²) >= 11 is 0. The Kier molecular flexibility index (Phi) is 2.65. The molecule has 0 unspecified atom stereocenters. The molecule has 5 heteroatoms. The van der Waals surface area contributed by atoms with Gasteiger partial charge in [-0.15, -0.1) is 0 Å². The normalized spacial score (nSPS) is 24.8. The van der Waals surface area contributed by atoms with E-state index < -0.39 is 11.5 Å². The summed E-state index contributed by atoms with van der Waals surface area (Å²) in [6.07, 6.45) is 3.81. The maximum atomic E-state index is 12.1. The molecular formula is C10H16N2O3. The minimum atomic E-state index is -0.932. The third-order valence-corrected chi connectivity index (χ3v) is 3.32. The number of hydrogen-bond donors (Lipinski definition) is 2. The third kappa shape index (κ3) is 1.84. The molecule has 0 radical (unpaired) electrons.